The zero-order valence-corrected chi connectivity index (χ0v) is 17.2. The van der Waals surface area contributed by atoms with E-state index in [9.17, 15) is 9.59 Å². The van der Waals surface area contributed by atoms with Gasteiger partial charge >= 0.3 is 0 Å². The zero-order chi connectivity index (χ0) is 20.8. The van der Waals surface area contributed by atoms with Crippen molar-refractivity contribution < 1.29 is 9.59 Å². The summed E-state index contributed by atoms with van der Waals surface area (Å²) >= 11 is 0. The van der Waals surface area contributed by atoms with Crippen molar-refractivity contribution in [3.8, 4) is 0 Å². The Balaban J connectivity index is 1.42. The molecule has 0 radical (unpaired) electrons. The monoisotopic (exact) mass is 404 g/mol. The van der Waals surface area contributed by atoms with Crippen LogP contribution in [0, 0.1) is 0 Å². The topological polar surface area (TPSA) is 65.5 Å². The molecule has 1 saturated heterocycles. The fourth-order valence-electron chi connectivity index (χ4n) is 4.06. The van der Waals surface area contributed by atoms with Crippen molar-refractivity contribution in [2.75, 3.05) is 29.9 Å². The molecule has 2 aliphatic heterocycles. The lowest BCUT2D eigenvalue weighted by molar-refractivity contribution is -0.118. The molecule has 2 aromatic rings. The molecule has 2 aliphatic rings. The molecule has 0 atom stereocenters. The van der Waals surface area contributed by atoms with Crippen LogP contribution in [-0.2, 0) is 4.79 Å². The highest BCUT2D eigenvalue weighted by Crippen LogP contribution is 2.36. The summed E-state index contributed by atoms with van der Waals surface area (Å²) in [4.78, 5) is 34.2. The number of carbonyl (C=O) groups excluding carboxylic acids is 2. The number of pyridine rings is 1. The quantitative estimate of drug-likeness (QED) is 0.568. The SMILES string of the molecule is O=C1Nc2cccnc2N(C(=O)CCC/C=C\CN2CCCCC2)c2ccccc21. The average Bonchev–Trinajstić information content (AvgIpc) is 2.90. The second kappa shape index (κ2) is 9.67. The van der Waals surface area contributed by atoms with Gasteiger partial charge in [-0.15, -0.1) is 0 Å². The maximum Gasteiger partial charge on any atom is 0.257 e. The summed E-state index contributed by atoms with van der Waals surface area (Å²) in [6, 6.07) is 10.7. The number of unbranched alkanes of at least 4 members (excludes halogenated alkanes) is 1. The second-order valence-corrected chi connectivity index (χ2v) is 7.80. The first kappa shape index (κ1) is 20.3. The van der Waals surface area contributed by atoms with E-state index in [1.54, 1.807) is 41.4 Å². The molecule has 1 fully saturated rings. The van der Waals surface area contributed by atoms with Gasteiger partial charge in [-0.1, -0.05) is 30.7 Å². The number of rotatable bonds is 6. The van der Waals surface area contributed by atoms with Gasteiger partial charge < -0.3 is 5.32 Å². The van der Waals surface area contributed by atoms with E-state index in [0.717, 1.165) is 19.4 Å². The number of nitrogens with zero attached hydrogens (tertiary/aromatic N) is 3. The fraction of sp³-hybridized carbons (Fsp3) is 0.375. The number of amides is 2. The van der Waals surface area contributed by atoms with Crippen LogP contribution in [0.25, 0.3) is 0 Å². The largest absolute Gasteiger partial charge is 0.319 e. The van der Waals surface area contributed by atoms with Gasteiger partial charge in [-0.3, -0.25) is 19.4 Å². The van der Waals surface area contributed by atoms with Crippen LogP contribution in [-0.4, -0.2) is 41.3 Å². The lowest BCUT2D eigenvalue weighted by Crippen LogP contribution is -2.29. The summed E-state index contributed by atoms with van der Waals surface area (Å²) in [6.07, 6.45) is 12.0. The maximum atomic E-state index is 13.2. The van der Waals surface area contributed by atoms with Gasteiger partial charge in [0.1, 0.15) is 0 Å². The number of nitrogens with one attached hydrogen (secondary N) is 1. The molecular weight excluding hydrogens is 376 g/mol. The van der Waals surface area contributed by atoms with Gasteiger partial charge in [0, 0.05) is 19.2 Å². The van der Waals surface area contributed by atoms with Gasteiger partial charge in [-0.05, 0) is 63.0 Å². The van der Waals surface area contributed by atoms with Gasteiger partial charge in [-0.25, -0.2) is 4.98 Å². The molecule has 1 aromatic heterocycles. The van der Waals surface area contributed by atoms with Crippen LogP contribution in [0.4, 0.5) is 17.2 Å². The number of anilines is 3. The Morgan fingerprint density at radius 1 is 1.07 bits per heavy atom. The van der Waals surface area contributed by atoms with Crippen LogP contribution in [0.15, 0.2) is 54.7 Å². The summed E-state index contributed by atoms with van der Waals surface area (Å²) in [5.74, 6) is 0.195. The molecule has 0 aliphatic carbocycles. The number of hydrogen-bond donors (Lipinski definition) is 1. The Kier molecular flexibility index (Phi) is 6.54. The third-order valence-electron chi connectivity index (χ3n) is 5.63. The average molecular weight is 405 g/mol. The van der Waals surface area contributed by atoms with Crippen molar-refractivity contribution in [2.24, 2.45) is 0 Å². The standard InChI is InChI=1S/C24H28N4O2/c29-22(14-4-1-2-7-16-27-17-8-3-9-18-27)28-21-13-6-5-11-19(21)24(30)26-20-12-10-15-25-23(20)28/h2,5-7,10-13,15H,1,3-4,8-9,14,16-18H2,(H,26,30)/b7-2-. The number of piperidine rings is 1. The fourth-order valence-corrected chi connectivity index (χ4v) is 4.06. The van der Waals surface area contributed by atoms with Crippen molar-refractivity contribution >= 4 is 29.0 Å². The molecule has 30 heavy (non-hydrogen) atoms. The molecule has 6 heteroatoms. The Morgan fingerprint density at radius 2 is 1.90 bits per heavy atom. The maximum absolute atomic E-state index is 13.2. The first-order valence-electron chi connectivity index (χ1n) is 10.8. The summed E-state index contributed by atoms with van der Waals surface area (Å²) in [6.45, 7) is 3.38. The van der Waals surface area contributed by atoms with Crippen LogP contribution < -0.4 is 10.2 Å². The van der Waals surface area contributed by atoms with Crippen molar-refractivity contribution in [3.63, 3.8) is 0 Å². The Morgan fingerprint density at radius 3 is 2.77 bits per heavy atom. The van der Waals surface area contributed by atoms with Crippen LogP contribution >= 0.6 is 0 Å². The number of carbonyl (C=O) groups is 2. The smallest absolute Gasteiger partial charge is 0.257 e. The zero-order valence-electron chi connectivity index (χ0n) is 17.2. The van der Waals surface area contributed by atoms with E-state index < -0.39 is 0 Å². The molecule has 1 aromatic carbocycles. The molecule has 3 heterocycles. The third kappa shape index (κ3) is 4.60. The molecule has 0 bridgehead atoms. The first-order chi connectivity index (χ1) is 14.7. The molecule has 0 unspecified atom stereocenters. The molecule has 1 N–H and O–H groups in total. The van der Waals surface area contributed by atoms with Crippen LogP contribution in [0.1, 0.15) is 48.9 Å². The number of hydrogen-bond acceptors (Lipinski definition) is 4. The summed E-state index contributed by atoms with van der Waals surface area (Å²) in [5, 5.41) is 2.87. The highest BCUT2D eigenvalue weighted by Gasteiger charge is 2.29. The van der Waals surface area contributed by atoms with Crippen molar-refractivity contribution in [2.45, 2.75) is 38.5 Å². The molecule has 156 valence electrons. The summed E-state index contributed by atoms with van der Waals surface area (Å²) < 4.78 is 0. The van der Waals surface area contributed by atoms with Gasteiger partial charge in [0.25, 0.3) is 5.91 Å². The van der Waals surface area contributed by atoms with Crippen LogP contribution in [0.3, 0.4) is 0 Å². The molecule has 4 rings (SSSR count). The summed E-state index contributed by atoms with van der Waals surface area (Å²) in [5.41, 5.74) is 1.61. The van der Waals surface area contributed by atoms with Crippen LogP contribution in [0.5, 0.6) is 0 Å². The molecule has 0 saturated carbocycles. The first-order valence-corrected chi connectivity index (χ1v) is 10.8. The molecule has 0 spiro atoms. The number of aromatic nitrogens is 1. The van der Waals surface area contributed by atoms with Crippen molar-refractivity contribution in [3.05, 3.63) is 60.3 Å². The molecule has 2 amide bonds. The summed E-state index contributed by atoms with van der Waals surface area (Å²) in [7, 11) is 0. The van der Waals surface area contributed by atoms with E-state index in [1.807, 2.05) is 6.07 Å². The molecule has 6 nitrogen and oxygen atoms in total. The van der Waals surface area contributed by atoms with E-state index in [4.69, 9.17) is 0 Å². The van der Waals surface area contributed by atoms with Crippen molar-refractivity contribution in [1.82, 2.24) is 9.88 Å². The minimum atomic E-state index is -0.226. The number of benzene rings is 1. The number of fused-ring (bicyclic) bond motifs is 2. The van der Waals surface area contributed by atoms with Gasteiger partial charge in [0.2, 0.25) is 5.91 Å². The predicted molar refractivity (Wildman–Crippen MR) is 119 cm³/mol. The normalized spacial score (nSPS) is 16.7. The van der Waals surface area contributed by atoms with E-state index in [0.29, 0.717) is 29.2 Å². The van der Waals surface area contributed by atoms with E-state index in [1.165, 1.54) is 32.4 Å². The van der Waals surface area contributed by atoms with Crippen LogP contribution in [0.2, 0.25) is 0 Å². The second-order valence-electron chi connectivity index (χ2n) is 7.80. The van der Waals surface area contributed by atoms with E-state index in [2.05, 4.69) is 27.4 Å². The number of likely N-dealkylation sites (tertiary alicyclic amines) is 1. The molecular formula is C24H28N4O2. The number of para-hydroxylation sites is 1. The Hall–Kier alpha value is -2.99. The van der Waals surface area contributed by atoms with E-state index in [-0.39, 0.29) is 11.8 Å². The lowest BCUT2D eigenvalue weighted by Gasteiger charge is -2.24. The van der Waals surface area contributed by atoms with Crippen molar-refractivity contribution in [1.29, 1.82) is 0 Å². The highest BCUT2D eigenvalue weighted by atomic mass is 16.2. The lowest BCUT2D eigenvalue weighted by atomic mass is 10.1. The van der Waals surface area contributed by atoms with E-state index >= 15 is 0 Å². The van der Waals surface area contributed by atoms with Gasteiger partial charge in [-0.2, -0.15) is 0 Å². The Labute approximate surface area is 177 Å². The number of allylic oxidation sites excluding steroid dienone is 1. The van der Waals surface area contributed by atoms with Gasteiger partial charge in [0.05, 0.1) is 16.9 Å². The predicted octanol–water partition coefficient (Wildman–Crippen LogP) is 4.52. The minimum absolute atomic E-state index is 0.0525. The van der Waals surface area contributed by atoms with Gasteiger partial charge in [0.15, 0.2) is 5.82 Å². The highest BCUT2D eigenvalue weighted by molar-refractivity contribution is 6.17. The Bertz CT molecular complexity index is 934. The third-order valence-corrected chi connectivity index (χ3v) is 5.63. The minimum Gasteiger partial charge on any atom is -0.319 e.